The second-order valence-electron chi connectivity index (χ2n) is 4.97. The highest BCUT2D eigenvalue weighted by atomic mass is 32.2. The predicted octanol–water partition coefficient (Wildman–Crippen LogP) is 2.50. The van der Waals surface area contributed by atoms with Crippen LogP contribution in [-0.2, 0) is 4.79 Å². The second kappa shape index (κ2) is 5.33. The Morgan fingerprint density at radius 1 is 1.22 bits per heavy atom. The van der Waals surface area contributed by atoms with Gasteiger partial charge in [0.15, 0.2) is 0 Å². The van der Waals surface area contributed by atoms with Gasteiger partial charge in [-0.3, -0.25) is 4.79 Å². The number of nitrogens with one attached hydrogen (secondary N) is 1. The zero-order valence-electron chi connectivity index (χ0n) is 10.8. The third kappa shape index (κ3) is 3.06. The van der Waals surface area contributed by atoms with Gasteiger partial charge >= 0.3 is 0 Å². The molecule has 0 radical (unpaired) electrons. The van der Waals surface area contributed by atoms with E-state index in [2.05, 4.69) is 11.4 Å². The molecule has 0 spiro atoms. The number of aliphatic hydroxyl groups is 1. The van der Waals surface area contributed by atoms with E-state index in [9.17, 15) is 9.90 Å². The summed E-state index contributed by atoms with van der Waals surface area (Å²) in [5.41, 5.74) is 1.79. The highest BCUT2D eigenvalue weighted by molar-refractivity contribution is 7.99. The minimum atomic E-state index is -1.19. The fourth-order valence-corrected chi connectivity index (χ4v) is 3.40. The van der Waals surface area contributed by atoms with E-state index < -0.39 is 5.60 Å². The summed E-state index contributed by atoms with van der Waals surface area (Å²) < 4.78 is 0. The number of anilines is 1. The highest BCUT2D eigenvalue weighted by Gasteiger charge is 2.37. The SMILES string of the molecule is Cc1cc(C)cc(NC(=O)C2(O)CCSCC2)c1. The molecule has 2 rings (SSSR count). The van der Waals surface area contributed by atoms with Crippen molar-refractivity contribution in [1.82, 2.24) is 0 Å². The Kier molecular flexibility index (Phi) is 3.97. The molecule has 1 aromatic rings. The van der Waals surface area contributed by atoms with Crippen LogP contribution in [0.5, 0.6) is 0 Å². The van der Waals surface area contributed by atoms with Crippen molar-refractivity contribution in [3.05, 3.63) is 29.3 Å². The van der Waals surface area contributed by atoms with Crippen molar-refractivity contribution in [2.75, 3.05) is 16.8 Å². The van der Waals surface area contributed by atoms with Crippen LogP contribution in [-0.4, -0.2) is 28.1 Å². The van der Waals surface area contributed by atoms with Gasteiger partial charge in [-0.2, -0.15) is 11.8 Å². The molecule has 1 heterocycles. The monoisotopic (exact) mass is 265 g/mol. The fraction of sp³-hybridized carbons (Fsp3) is 0.500. The Balaban J connectivity index is 2.10. The summed E-state index contributed by atoms with van der Waals surface area (Å²) in [6.07, 6.45) is 1.07. The van der Waals surface area contributed by atoms with Gasteiger partial charge < -0.3 is 10.4 Å². The summed E-state index contributed by atoms with van der Waals surface area (Å²) in [5.74, 6) is 1.42. The third-order valence-corrected chi connectivity index (χ3v) is 4.21. The molecular weight excluding hydrogens is 246 g/mol. The third-order valence-electron chi connectivity index (χ3n) is 3.22. The van der Waals surface area contributed by atoms with Crippen molar-refractivity contribution in [2.24, 2.45) is 0 Å². The lowest BCUT2D eigenvalue weighted by molar-refractivity contribution is -0.134. The van der Waals surface area contributed by atoms with Crippen LogP contribution in [0.2, 0.25) is 0 Å². The largest absolute Gasteiger partial charge is 0.380 e. The average molecular weight is 265 g/mol. The Morgan fingerprint density at radius 3 is 2.33 bits per heavy atom. The molecule has 2 N–H and O–H groups in total. The lowest BCUT2D eigenvalue weighted by Gasteiger charge is -2.30. The lowest BCUT2D eigenvalue weighted by atomic mass is 9.95. The smallest absolute Gasteiger partial charge is 0.256 e. The molecule has 98 valence electrons. The van der Waals surface area contributed by atoms with Gasteiger partial charge in [0.2, 0.25) is 0 Å². The number of carbonyl (C=O) groups excluding carboxylic acids is 1. The summed E-state index contributed by atoms with van der Waals surface area (Å²) in [5, 5.41) is 13.1. The highest BCUT2D eigenvalue weighted by Crippen LogP contribution is 2.28. The predicted molar refractivity (Wildman–Crippen MR) is 76.1 cm³/mol. The van der Waals surface area contributed by atoms with Crippen molar-refractivity contribution in [3.63, 3.8) is 0 Å². The number of carbonyl (C=O) groups is 1. The van der Waals surface area contributed by atoms with E-state index in [4.69, 9.17) is 0 Å². The first-order chi connectivity index (χ1) is 8.49. The van der Waals surface area contributed by atoms with Gasteiger partial charge in [-0.05, 0) is 61.5 Å². The Hall–Kier alpha value is -1.00. The van der Waals surface area contributed by atoms with Crippen LogP contribution in [0.3, 0.4) is 0 Å². The quantitative estimate of drug-likeness (QED) is 0.864. The summed E-state index contributed by atoms with van der Waals surface area (Å²) in [6, 6.07) is 5.90. The topological polar surface area (TPSA) is 49.3 Å². The van der Waals surface area contributed by atoms with E-state index in [-0.39, 0.29) is 5.91 Å². The van der Waals surface area contributed by atoms with Crippen molar-refractivity contribution >= 4 is 23.4 Å². The number of aryl methyl sites for hydroxylation is 2. The minimum Gasteiger partial charge on any atom is -0.380 e. The molecular formula is C14H19NO2S. The zero-order valence-corrected chi connectivity index (χ0v) is 11.6. The molecule has 1 aliphatic heterocycles. The van der Waals surface area contributed by atoms with Crippen molar-refractivity contribution in [1.29, 1.82) is 0 Å². The number of rotatable bonds is 2. The molecule has 0 unspecified atom stereocenters. The zero-order chi connectivity index (χ0) is 13.2. The lowest BCUT2D eigenvalue weighted by Crippen LogP contribution is -2.45. The van der Waals surface area contributed by atoms with E-state index in [0.717, 1.165) is 28.3 Å². The van der Waals surface area contributed by atoms with Crippen LogP contribution in [0.25, 0.3) is 0 Å². The van der Waals surface area contributed by atoms with Gasteiger partial charge in [0.05, 0.1) is 0 Å². The molecule has 1 aliphatic rings. The molecule has 0 aliphatic carbocycles. The van der Waals surface area contributed by atoms with Crippen LogP contribution in [0, 0.1) is 13.8 Å². The number of amides is 1. The summed E-state index contributed by atoms with van der Waals surface area (Å²) in [7, 11) is 0. The minimum absolute atomic E-state index is 0.271. The Morgan fingerprint density at radius 2 is 1.78 bits per heavy atom. The maximum Gasteiger partial charge on any atom is 0.256 e. The number of hydrogen-bond donors (Lipinski definition) is 2. The number of hydrogen-bond acceptors (Lipinski definition) is 3. The molecule has 1 amide bonds. The normalized spacial score (nSPS) is 18.4. The van der Waals surface area contributed by atoms with Crippen molar-refractivity contribution in [2.45, 2.75) is 32.3 Å². The van der Waals surface area contributed by atoms with E-state index in [0.29, 0.717) is 12.8 Å². The summed E-state index contributed by atoms with van der Waals surface area (Å²) >= 11 is 1.79. The Labute approximate surface area is 112 Å². The van der Waals surface area contributed by atoms with Crippen LogP contribution in [0.4, 0.5) is 5.69 Å². The van der Waals surface area contributed by atoms with Crippen LogP contribution >= 0.6 is 11.8 Å². The summed E-state index contributed by atoms with van der Waals surface area (Å²) in [6.45, 7) is 3.99. The molecule has 3 nitrogen and oxygen atoms in total. The molecule has 0 saturated carbocycles. The maximum atomic E-state index is 12.1. The molecule has 18 heavy (non-hydrogen) atoms. The Bertz CT molecular complexity index is 433. The molecule has 0 atom stereocenters. The molecule has 1 fully saturated rings. The van der Waals surface area contributed by atoms with Crippen molar-refractivity contribution in [3.8, 4) is 0 Å². The second-order valence-corrected chi connectivity index (χ2v) is 6.20. The van der Waals surface area contributed by atoms with Gasteiger partial charge in [0, 0.05) is 5.69 Å². The average Bonchev–Trinajstić information content (AvgIpc) is 2.28. The standard InChI is InChI=1S/C14H19NO2S/c1-10-7-11(2)9-12(8-10)15-13(16)14(17)3-5-18-6-4-14/h7-9,17H,3-6H2,1-2H3,(H,15,16). The van der Waals surface area contributed by atoms with Gasteiger partial charge in [0.25, 0.3) is 5.91 Å². The van der Waals surface area contributed by atoms with Crippen LogP contribution < -0.4 is 5.32 Å². The first-order valence-corrected chi connectivity index (χ1v) is 7.35. The van der Waals surface area contributed by atoms with Crippen molar-refractivity contribution < 1.29 is 9.90 Å². The number of thioether (sulfide) groups is 1. The van der Waals surface area contributed by atoms with Crippen LogP contribution in [0.15, 0.2) is 18.2 Å². The molecule has 4 heteroatoms. The van der Waals surface area contributed by atoms with Gasteiger partial charge in [-0.25, -0.2) is 0 Å². The van der Waals surface area contributed by atoms with Gasteiger partial charge in [0.1, 0.15) is 5.60 Å². The van der Waals surface area contributed by atoms with Gasteiger partial charge in [-0.15, -0.1) is 0 Å². The number of benzene rings is 1. The van der Waals surface area contributed by atoms with E-state index in [1.165, 1.54) is 0 Å². The van der Waals surface area contributed by atoms with E-state index >= 15 is 0 Å². The maximum absolute atomic E-state index is 12.1. The fourth-order valence-electron chi connectivity index (χ4n) is 2.23. The first-order valence-electron chi connectivity index (χ1n) is 6.19. The first kappa shape index (κ1) is 13.4. The van der Waals surface area contributed by atoms with E-state index in [1.54, 1.807) is 11.8 Å². The van der Waals surface area contributed by atoms with Gasteiger partial charge in [-0.1, -0.05) is 6.07 Å². The summed E-state index contributed by atoms with van der Waals surface area (Å²) in [4.78, 5) is 12.1. The molecule has 1 aromatic carbocycles. The van der Waals surface area contributed by atoms with Crippen LogP contribution in [0.1, 0.15) is 24.0 Å². The van der Waals surface area contributed by atoms with E-state index in [1.807, 2.05) is 26.0 Å². The molecule has 1 saturated heterocycles. The molecule has 0 aromatic heterocycles. The molecule has 0 bridgehead atoms.